The van der Waals surface area contributed by atoms with Crippen molar-refractivity contribution in [2.45, 2.75) is 13.5 Å². The number of benzene rings is 1. The number of hydrogen-bond donors (Lipinski definition) is 1. The van der Waals surface area contributed by atoms with Crippen molar-refractivity contribution in [3.8, 4) is 5.75 Å². The second kappa shape index (κ2) is 5.81. The first-order chi connectivity index (χ1) is 11.0. The van der Waals surface area contributed by atoms with Gasteiger partial charge in [-0.25, -0.2) is 0 Å². The van der Waals surface area contributed by atoms with E-state index in [0.29, 0.717) is 22.2 Å². The Morgan fingerprint density at radius 2 is 2.00 bits per heavy atom. The topological polar surface area (TPSA) is 76.4 Å². The fraction of sp³-hybridized carbons (Fsp3) is 0.118. The zero-order valence-electron chi connectivity index (χ0n) is 12.3. The molecule has 23 heavy (non-hydrogen) atoms. The number of thiophene rings is 1. The van der Waals surface area contributed by atoms with Gasteiger partial charge in [0.15, 0.2) is 12.1 Å². The molecule has 0 radical (unpaired) electrons. The first-order valence-electron chi connectivity index (χ1n) is 6.92. The van der Waals surface area contributed by atoms with Gasteiger partial charge in [-0.3, -0.25) is 14.4 Å². The Kier molecular flexibility index (Phi) is 3.83. The Morgan fingerprint density at radius 3 is 2.65 bits per heavy atom. The van der Waals surface area contributed by atoms with E-state index in [9.17, 15) is 19.5 Å². The minimum absolute atomic E-state index is 0.0866. The summed E-state index contributed by atoms with van der Waals surface area (Å²) < 4.78 is 1.86. The number of pyridine rings is 1. The van der Waals surface area contributed by atoms with Crippen LogP contribution in [-0.4, -0.2) is 21.7 Å². The van der Waals surface area contributed by atoms with E-state index < -0.39 is 5.56 Å². The van der Waals surface area contributed by atoms with Gasteiger partial charge in [0, 0.05) is 16.0 Å². The Hall–Kier alpha value is -2.73. The van der Waals surface area contributed by atoms with Gasteiger partial charge in [-0.2, -0.15) is 0 Å². The van der Waals surface area contributed by atoms with Gasteiger partial charge >= 0.3 is 0 Å². The molecule has 0 spiro atoms. The quantitative estimate of drug-likeness (QED) is 0.590. The molecule has 1 aromatic carbocycles. The number of aromatic hydroxyl groups is 1. The molecule has 2 heterocycles. The van der Waals surface area contributed by atoms with Gasteiger partial charge < -0.3 is 9.67 Å². The summed E-state index contributed by atoms with van der Waals surface area (Å²) >= 11 is 1.06. The number of carbonyl (C=O) groups excluding carboxylic acids is 2. The van der Waals surface area contributed by atoms with Crippen LogP contribution in [0.4, 0.5) is 0 Å². The number of aldehydes is 1. The van der Waals surface area contributed by atoms with Gasteiger partial charge in [-0.1, -0.05) is 30.3 Å². The molecule has 116 valence electrons. The number of fused-ring (bicyclic) bond motifs is 1. The molecule has 3 aromatic rings. The van der Waals surface area contributed by atoms with Crippen molar-refractivity contribution in [1.82, 2.24) is 4.57 Å². The minimum atomic E-state index is -0.467. The maximum atomic E-state index is 12.6. The molecule has 0 amide bonds. The second-order valence-corrected chi connectivity index (χ2v) is 6.22. The van der Waals surface area contributed by atoms with Crippen LogP contribution < -0.4 is 5.56 Å². The molecule has 0 saturated carbocycles. The Bertz CT molecular complexity index is 970. The molecule has 0 aliphatic heterocycles. The number of aryl methyl sites for hydroxylation is 1. The van der Waals surface area contributed by atoms with E-state index in [0.717, 1.165) is 11.3 Å². The third-order valence-corrected chi connectivity index (χ3v) is 4.72. The predicted molar refractivity (Wildman–Crippen MR) is 88.6 cm³/mol. The highest BCUT2D eigenvalue weighted by molar-refractivity contribution is 7.21. The van der Waals surface area contributed by atoms with Crippen LogP contribution in [0.15, 0.2) is 41.2 Å². The standard InChI is InChI=1S/C17H13NO4S/c1-10-7-13-15(16(21)14(9-19)23-13)17(22)18(10)8-12(20)11-5-3-2-4-6-11/h2-7,9,21H,8H2,1H3. The molecule has 0 saturated heterocycles. The van der Waals surface area contributed by atoms with E-state index in [1.165, 1.54) is 4.57 Å². The zero-order valence-corrected chi connectivity index (χ0v) is 13.1. The smallest absolute Gasteiger partial charge is 0.263 e. The van der Waals surface area contributed by atoms with Crippen LogP contribution >= 0.6 is 11.3 Å². The van der Waals surface area contributed by atoms with Gasteiger partial charge in [0.1, 0.15) is 16.0 Å². The molecule has 2 aromatic heterocycles. The fourth-order valence-corrected chi connectivity index (χ4v) is 3.46. The average molecular weight is 327 g/mol. The minimum Gasteiger partial charge on any atom is -0.505 e. The van der Waals surface area contributed by atoms with Gasteiger partial charge in [0.25, 0.3) is 5.56 Å². The number of Topliss-reactive ketones (excluding diaryl/α,β-unsaturated/α-hetero) is 1. The summed E-state index contributed by atoms with van der Waals surface area (Å²) in [6.45, 7) is 1.60. The van der Waals surface area contributed by atoms with Crippen molar-refractivity contribution in [3.63, 3.8) is 0 Å². The predicted octanol–water partition coefficient (Wildman–Crippen LogP) is 2.77. The van der Waals surface area contributed by atoms with Crippen LogP contribution in [0.25, 0.3) is 10.1 Å². The first-order valence-corrected chi connectivity index (χ1v) is 7.74. The van der Waals surface area contributed by atoms with Crippen LogP contribution in [0.3, 0.4) is 0 Å². The van der Waals surface area contributed by atoms with Gasteiger partial charge in [-0.05, 0) is 13.0 Å². The van der Waals surface area contributed by atoms with Crippen LogP contribution in [0.5, 0.6) is 5.75 Å². The van der Waals surface area contributed by atoms with E-state index in [1.807, 2.05) is 6.07 Å². The second-order valence-electron chi connectivity index (χ2n) is 5.14. The SMILES string of the molecule is Cc1cc2sc(C=O)c(O)c2c(=O)n1CC(=O)c1ccccc1. The highest BCUT2D eigenvalue weighted by Gasteiger charge is 2.18. The Morgan fingerprint density at radius 1 is 1.30 bits per heavy atom. The van der Waals surface area contributed by atoms with Crippen molar-refractivity contribution >= 4 is 33.5 Å². The zero-order chi connectivity index (χ0) is 16.6. The van der Waals surface area contributed by atoms with Crippen molar-refractivity contribution in [2.24, 2.45) is 0 Å². The monoisotopic (exact) mass is 327 g/mol. The van der Waals surface area contributed by atoms with E-state index >= 15 is 0 Å². The molecule has 5 nitrogen and oxygen atoms in total. The number of nitrogens with zero attached hydrogens (tertiary/aromatic N) is 1. The third-order valence-electron chi connectivity index (χ3n) is 3.67. The van der Waals surface area contributed by atoms with Crippen LogP contribution in [0.2, 0.25) is 0 Å². The van der Waals surface area contributed by atoms with Gasteiger partial charge in [-0.15, -0.1) is 11.3 Å². The van der Waals surface area contributed by atoms with Crippen LogP contribution in [-0.2, 0) is 6.54 Å². The summed E-state index contributed by atoms with van der Waals surface area (Å²) in [4.78, 5) is 36.0. The van der Waals surface area contributed by atoms with E-state index in [1.54, 1.807) is 37.3 Å². The summed E-state index contributed by atoms with van der Waals surface area (Å²) in [6, 6.07) is 10.4. The van der Waals surface area contributed by atoms with Crippen molar-refractivity contribution in [2.75, 3.05) is 0 Å². The van der Waals surface area contributed by atoms with Gasteiger partial charge in [0.2, 0.25) is 0 Å². The number of carbonyl (C=O) groups is 2. The highest BCUT2D eigenvalue weighted by atomic mass is 32.1. The summed E-state index contributed by atoms with van der Waals surface area (Å²) in [5, 5.41) is 10.1. The molecular weight excluding hydrogens is 314 g/mol. The Balaban J connectivity index is 2.11. The molecule has 0 unspecified atom stereocenters. The summed E-state index contributed by atoms with van der Waals surface area (Å²) in [5.41, 5.74) is 0.652. The first kappa shape index (κ1) is 15.2. The summed E-state index contributed by atoms with van der Waals surface area (Å²) in [5.74, 6) is -0.508. The van der Waals surface area contributed by atoms with Crippen molar-refractivity contribution < 1.29 is 14.7 Å². The molecule has 3 rings (SSSR count). The van der Waals surface area contributed by atoms with Crippen LogP contribution in [0.1, 0.15) is 25.7 Å². The van der Waals surface area contributed by atoms with E-state index in [2.05, 4.69) is 0 Å². The average Bonchev–Trinajstić information content (AvgIpc) is 2.87. The van der Waals surface area contributed by atoms with Crippen LogP contribution in [0, 0.1) is 6.92 Å². The highest BCUT2D eigenvalue weighted by Crippen LogP contribution is 2.33. The molecule has 6 heteroatoms. The fourth-order valence-electron chi connectivity index (χ4n) is 2.46. The van der Waals surface area contributed by atoms with E-state index in [4.69, 9.17) is 0 Å². The normalized spacial score (nSPS) is 10.8. The van der Waals surface area contributed by atoms with Gasteiger partial charge in [0.05, 0.1) is 6.54 Å². The van der Waals surface area contributed by atoms with E-state index in [-0.39, 0.29) is 28.3 Å². The molecular formula is C17H13NO4S. The number of aromatic nitrogens is 1. The lowest BCUT2D eigenvalue weighted by atomic mass is 10.1. The molecule has 0 aliphatic rings. The number of ketones is 1. The summed E-state index contributed by atoms with van der Waals surface area (Å²) in [7, 11) is 0. The van der Waals surface area contributed by atoms with Crippen molar-refractivity contribution in [1.29, 1.82) is 0 Å². The molecule has 0 fully saturated rings. The summed E-state index contributed by atoms with van der Waals surface area (Å²) in [6.07, 6.45) is 0.522. The lowest BCUT2D eigenvalue weighted by Crippen LogP contribution is -2.26. The maximum Gasteiger partial charge on any atom is 0.263 e. The third kappa shape index (κ3) is 2.57. The Labute approximate surface area is 135 Å². The van der Waals surface area contributed by atoms with Crippen molar-refractivity contribution in [3.05, 3.63) is 62.9 Å². The molecule has 1 N–H and O–H groups in total. The largest absolute Gasteiger partial charge is 0.505 e. The maximum absolute atomic E-state index is 12.6. The number of rotatable bonds is 4. The molecule has 0 aliphatic carbocycles. The molecule has 0 bridgehead atoms. The lowest BCUT2D eigenvalue weighted by Gasteiger charge is -2.09. The number of hydrogen-bond acceptors (Lipinski definition) is 5. The lowest BCUT2D eigenvalue weighted by molar-refractivity contribution is 0.0969. The molecule has 0 atom stereocenters.